The van der Waals surface area contributed by atoms with Crippen LogP contribution in [-0.4, -0.2) is 61.5 Å². The molecule has 4 aromatic heterocycles. The highest BCUT2D eigenvalue weighted by Gasteiger charge is 2.22. The van der Waals surface area contributed by atoms with Gasteiger partial charge < -0.3 is 25.5 Å². The van der Waals surface area contributed by atoms with Gasteiger partial charge in [0, 0.05) is 55.7 Å². The van der Waals surface area contributed by atoms with E-state index < -0.39 is 5.91 Å². The Kier molecular flexibility index (Phi) is 7.15. The van der Waals surface area contributed by atoms with Gasteiger partial charge in [0.1, 0.15) is 17.0 Å². The van der Waals surface area contributed by atoms with Crippen LogP contribution in [0.2, 0.25) is 0 Å². The average Bonchev–Trinajstić information content (AvgIpc) is 3.52. The first kappa shape index (κ1) is 24.2. The third kappa shape index (κ3) is 4.78. The van der Waals surface area contributed by atoms with Crippen molar-refractivity contribution < 1.29 is 14.6 Å². The van der Waals surface area contributed by atoms with Crippen LogP contribution in [0, 0.1) is 0 Å². The molecule has 4 N–H and O–H groups in total. The van der Waals surface area contributed by atoms with Crippen LogP contribution in [0.5, 0.6) is 0 Å². The van der Waals surface area contributed by atoms with Gasteiger partial charge in [-0.15, -0.1) is 0 Å². The van der Waals surface area contributed by atoms with Crippen LogP contribution in [0.4, 0.5) is 5.82 Å². The van der Waals surface area contributed by atoms with E-state index >= 15 is 0 Å². The highest BCUT2D eigenvalue weighted by molar-refractivity contribution is 6.00. The summed E-state index contributed by atoms with van der Waals surface area (Å²) in [5.41, 5.74) is 8.84. The van der Waals surface area contributed by atoms with Crippen LogP contribution in [0.3, 0.4) is 0 Å². The van der Waals surface area contributed by atoms with Gasteiger partial charge in [0.15, 0.2) is 5.65 Å². The number of hydrogen-bond donors (Lipinski definition) is 3. The number of nitrogens with zero attached hydrogens (tertiary/aromatic N) is 5. The fourth-order valence-electron chi connectivity index (χ4n) is 5.06. The monoisotopic (exact) mass is 491 g/mol. The molecule has 0 radical (unpaired) electrons. The number of nitrogens with one attached hydrogen (secondary N) is 1. The van der Waals surface area contributed by atoms with Gasteiger partial charge in [-0.2, -0.15) is 9.61 Å². The Bertz CT molecular complexity index is 1350. The molecule has 2 fully saturated rings. The van der Waals surface area contributed by atoms with Crippen molar-refractivity contribution in [2.75, 3.05) is 25.6 Å². The number of pyridine rings is 1. The second-order valence-corrected chi connectivity index (χ2v) is 9.39. The van der Waals surface area contributed by atoms with E-state index in [0.29, 0.717) is 17.5 Å². The van der Waals surface area contributed by atoms with Crippen molar-refractivity contribution >= 4 is 28.4 Å². The second kappa shape index (κ2) is 10.6. The minimum absolute atomic E-state index is 0.0359. The van der Waals surface area contributed by atoms with Gasteiger partial charge in [-0.05, 0) is 37.8 Å². The summed E-state index contributed by atoms with van der Waals surface area (Å²) in [6.07, 6.45) is 13.2. The normalized spacial score (nSPS) is 17.2. The minimum atomic E-state index is -0.557. The van der Waals surface area contributed by atoms with Crippen LogP contribution in [0.1, 0.15) is 61.3 Å². The predicted molar refractivity (Wildman–Crippen MR) is 138 cm³/mol. The number of ether oxygens (including phenoxy) is 1. The lowest BCUT2D eigenvalue weighted by Crippen LogP contribution is -2.19. The first-order chi connectivity index (χ1) is 17.6. The van der Waals surface area contributed by atoms with E-state index in [9.17, 15) is 4.79 Å². The molecular weight excluding hydrogens is 458 g/mol. The maximum Gasteiger partial charge on any atom is 0.254 e. The predicted octanol–water partition coefficient (Wildman–Crippen LogP) is 3.55. The highest BCUT2D eigenvalue weighted by atomic mass is 16.5. The first-order valence-electron chi connectivity index (χ1n) is 12.6. The molecule has 190 valence electrons. The van der Waals surface area contributed by atoms with E-state index in [4.69, 9.17) is 20.6 Å². The molecule has 0 unspecified atom stereocenters. The average molecular weight is 492 g/mol. The fraction of sp³-hybridized carbons (Fsp3) is 0.462. The van der Waals surface area contributed by atoms with Crippen LogP contribution >= 0.6 is 0 Å². The van der Waals surface area contributed by atoms with Gasteiger partial charge in [0.2, 0.25) is 0 Å². The Labute approximate surface area is 209 Å². The highest BCUT2D eigenvalue weighted by Crippen LogP contribution is 2.34. The topological polar surface area (TPSA) is 133 Å². The molecule has 0 aromatic carbocycles. The van der Waals surface area contributed by atoms with Gasteiger partial charge in [-0.25, -0.2) is 9.97 Å². The van der Waals surface area contributed by atoms with Crippen molar-refractivity contribution in [2.45, 2.75) is 57.1 Å². The van der Waals surface area contributed by atoms with Crippen molar-refractivity contribution in [2.24, 2.45) is 5.73 Å². The Morgan fingerprint density at radius 2 is 1.94 bits per heavy atom. The second-order valence-electron chi connectivity index (χ2n) is 9.39. The number of hydrogen-bond acceptors (Lipinski definition) is 7. The lowest BCUT2D eigenvalue weighted by molar-refractivity contribution is 0.0706. The fourth-order valence-corrected chi connectivity index (χ4v) is 5.06. The van der Waals surface area contributed by atoms with E-state index in [0.717, 1.165) is 61.2 Å². The smallest absolute Gasteiger partial charge is 0.254 e. The zero-order chi connectivity index (χ0) is 25.1. The number of primary amides is 1. The van der Waals surface area contributed by atoms with Crippen molar-refractivity contribution in [3.8, 4) is 11.3 Å². The minimum Gasteiger partial charge on any atom is -0.393 e. The van der Waals surface area contributed by atoms with Gasteiger partial charge in [0.05, 0.1) is 18.0 Å². The number of aliphatic hydroxyl groups is 1. The molecule has 1 amide bonds. The number of fused-ring (bicyclic) bond motifs is 2. The van der Waals surface area contributed by atoms with Crippen molar-refractivity contribution in [3.63, 3.8) is 0 Å². The van der Waals surface area contributed by atoms with E-state index in [-0.39, 0.29) is 11.7 Å². The molecule has 2 aliphatic rings. The van der Waals surface area contributed by atoms with E-state index in [2.05, 4.69) is 26.2 Å². The molecule has 5 heterocycles. The summed E-state index contributed by atoms with van der Waals surface area (Å²) in [6, 6.07) is 6.22. The largest absolute Gasteiger partial charge is 0.393 e. The molecule has 1 aliphatic carbocycles. The first-order valence-corrected chi connectivity index (χ1v) is 12.6. The molecule has 10 nitrogen and oxygen atoms in total. The summed E-state index contributed by atoms with van der Waals surface area (Å²) >= 11 is 0. The van der Waals surface area contributed by atoms with Crippen molar-refractivity contribution in [1.29, 1.82) is 0 Å². The van der Waals surface area contributed by atoms with Crippen LogP contribution in [-0.2, 0) is 4.74 Å². The lowest BCUT2D eigenvalue weighted by Gasteiger charge is -2.24. The maximum absolute atomic E-state index is 11.8. The number of nitrogens with two attached hydrogens (primary N) is 1. The van der Waals surface area contributed by atoms with Gasteiger partial charge >= 0.3 is 0 Å². The summed E-state index contributed by atoms with van der Waals surface area (Å²) in [6.45, 7) is 1.50. The Hall–Kier alpha value is -3.50. The molecule has 0 bridgehead atoms. The lowest BCUT2D eigenvalue weighted by atomic mass is 9.98. The molecule has 4 aromatic rings. The maximum atomic E-state index is 11.8. The van der Waals surface area contributed by atoms with Gasteiger partial charge in [-0.1, -0.05) is 19.3 Å². The summed E-state index contributed by atoms with van der Waals surface area (Å²) in [5, 5.41) is 17.3. The molecule has 36 heavy (non-hydrogen) atoms. The molecule has 1 saturated carbocycles. The SMILES string of the molecule is CNc1cc(-c2cn(C3CCOCC3)c3ncccc23)nc2c(C(N)=O)cnn12.OC1CCCCC1. The van der Waals surface area contributed by atoms with Crippen LogP contribution < -0.4 is 11.1 Å². The molecule has 1 aliphatic heterocycles. The van der Waals surface area contributed by atoms with Crippen molar-refractivity contribution in [1.82, 2.24) is 24.1 Å². The van der Waals surface area contributed by atoms with Crippen LogP contribution in [0.25, 0.3) is 27.9 Å². The molecule has 6 rings (SSSR count). The van der Waals surface area contributed by atoms with E-state index in [1.807, 2.05) is 18.2 Å². The number of aromatic nitrogens is 5. The Morgan fingerprint density at radius 3 is 2.61 bits per heavy atom. The number of carbonyl (C=O) groups excluding carboxylic acids is 1. The molecule has 0 atom stereocenters. The number of carbonyl (C=O) groups is 1. The number of anilines is 1. The summed E-state index contributed by atoms with van der Waals surface area (Å²) in [7, 11) is 1.80. The Balaban J connectivity index is 0.000000330. The van der Waals surface area contributed by atoms with Crippen LogP contribution in [0.15, 0.2) is 36.8 Å². The summed E-state index contributed by atoms with van der Waals surface area (Å²) < 4.78 is 9.33. The third-order valence-electron chi connectivity index (χ3n) is 7.02. The number of aliphatic hydroxyl groups excluding tert-OH is 1. The number of rotatable bonds is 4. The quantitative estimate of drug-likeness (QED) is 0.398. The Morgan fingerprint density at radius 1 is 1.17 bits per heavy atom. The molecule has 1 saturated heterocycles. The molecule has 10 heteroatoms. The molecular formula is C26H33N7O3. The number of amides is 1. The zero-order valence-electron chi connectivity index (χ0n) is 20.6. The third-order valence-corrected chi connectivity index (χ3v) is 7.02. The zero-order valence-corrected chi connectivity index (χ0v) is 20.6. The van der Waals surface area contributed by atoms with Crippen molar-refractivity contribution in [3.05, 3.63) is 42.4 Å². The summed E-state index contributed by atoms with van der Waals surface area (Å²) in [4.78, 5) is 21.2. The summed E-state index contributed by atoms with van der Waals surface area (Å²) in [5.74, 6) is 0.159. The molecule has 0 spiro atoms. The standard InChI is InChI=1S/C20H21N7O2.C6H12O/c1-22-17-9-16(25-20-14(18(21)28)10-24-27(17)20)15-11-26(12-4-7-29-8-5-12)19-13(15)3-2-6-23-19;7-6-4-2-1-3-5-6/h2-3,6,9-12,22H,4-5,7-8H2,1H3,(H2,21,28);6-7H,1-5H2. The van der Waals surface area contributed by atoms with Gasteiger partial charge in [0.25, 0.3) is 5.91 Å². The van der Waals surface area contributed by atoms with Gasteiger partial charge in [-0.3, -0.25) is 4.79 Å². The van der Waals surface area contributed by atoms with E-state index in [1.54, 1.807) is 17.8 Å². The van der Waals surface area contributed by atoms with E-state index in [1.165, 1.54) is 25.5 Å².